The van der Waals surface area contributed by atoms with Gasteiger partial charge in [0.05, 0.1) is 5.69 Å². The molecule has 23 heavy (non-hydrogen) atoms. The number of aromatic hydroxyl groups is 1. The van der Waals surface area contributed by atoms with Crippen LogP contribution in [0.5, 0.6) is 5.75 Å². The lowest BCUT2D eigenvalue weighted by molar-refractivity contribution is 0.423. The van der Waals surface area contributed by atoms with Crippen LogP contribution in [-0.2, 0) is 10.8 Å². The van der Waals surface area contributed by atoms with E-state index in [1.165, 1.54) is 0 Å². The Morgan fingerprint density at radius 2 is 1.57 bits per heavy atom. The van der Waals surface area contributed by atoms with Crippen LogP contribution in [0, 0.1) is 0 Å². The molecule has 126 valence electrons. The van der Waals surface area contributed by atoms with Crippen LogP contribution in [0.25, 0.3) is 11.3 Å². The normalized spacial score (nSPS) is 12.7. The quantitative estimate of drug-likeness (QED) is 0.667. The molecule has 1 N–H and O–H groups in total. The third-order valence-corrected chi connectivity index (χ3v) is 5.68. The number of aromatic nitrogens is 1. The third-order valence-electron chi connectivity index (χ3n) is 3.77. The molecular formula is C19H27NOS2. The van der Waals surface area contributed by atoms with Gasteiger partial charge in [0.1, 0.15) is 5.75 Å². The minimum atomic E-state index is -0.114. The first-order chi connectivity index (χ1) is 10.5. The van der Waals surface area contributed by atoms with Gasteiger partial charge in [-0.2, -0.15) is 0 Å². The predicted molar refractivity (Wildman–Crippen MR) is 103 cm³/mol. The molecule has 0 aliphatic carbocycles. The molecule has 2 nitrogen and oxygen atoms in total. The summed E-state index contributed by atoms with van der Waals surface area (Å²) in [5, 5.41) is 12.9. The molecule has 0 aliphatic heterocycles. The summed E-state index contributed by atoms with van der Waals surface area (Å²) < 4.78 is 1.10. The lowest BCUT2D eigenvalue weighted by Gasteiger charge is -2.28. The van der Waals surface area contributed by atoms with Crippen LogP contribution in [0.1, 0.15) is 59.6 Å². The number of phenols is 1. The smallest absolute Gasteiger partial charge is 0.150 e. The van der Waals surface area contributed by atoms with Gasteiger partial charge in [0.25, 0.3) is 0 Å². The summed E-state index contributed by atoms with van der Waals surface area (Å²) in [4.78, 5) is 4.75. The number of rotatable bonds is 3. The van der Waals surface area contributed by atoms with Crippen LogP contribution in [0.15, 0.2) is 21.9 Å². The van der Waals surface area contributed by atoms with E-state index in [1.807, 2.05) is 0 Å². The van der Waals surface area contributed by atoms with E-state index in [4.69, 9.17) is 4.98 Å². The fourth-order valence-electron chi connectivity index (χ4n) is 2.51. The summed E-state index contributed by atoms with van der Waals surface area (Å²) in [5.41, 5.74) is 3.84. The van der Waals surface area contributed by atoms with Gasteiger partial charge in [-0.25, -0.2) is 4.98 Å². The van der Waals surface area contributed by atoms with Crippen molar-refractivity contribution < 1.29 is 5.11 Å². The Morgan fingerprint density at radius 1 is 1.04 bits per heavy atom. The molecule has 2 aromatic rings. The molecule has 0 amide bonds. The maximum atomic E-state index is 10.8. The van der Waals surface area contributed by atoms with Crippen molar-refractivity contribution >= 4 is 23.1 Å². The van der Waals surface area contributed by atoms with Crippen molar-refractivity contribution in [1.82, 2.24) is 4.98 Å². The second-order valence-corrected chi connectivity index (χ2v) is 10.2. The van der Waals surface area contributed by atoms with E-state index in [9.17, 15) is 5.11 Å². The molecule has 1 aromatic heterocycles. The summed E-state index contributed by atoms with van der Waals surface area (Å²) in [6, 6.07) is 4.19. The van der Waals surface area contributed by atoms with Crippen molar-refractivity contribution in [3.8, 4) is 17.0 Å². The maximum Gasteiger partial charge on any atom is 0.150 e. The molecule has 0 aliphatic rings. The lowest BCUT2D eigenvalue weighted by Crippen LogP contribution is -2.17. The molecule has 0 saturated carbocycles. The second kappa shape index (κ2) is 6.48. The zero-order chi connectivity index (χ0) is 17.4. The Balaban J connectivity index is 2.64. The van der Waals surface area contributed by atoms with E-state index in [0.29, 0.717) is 5.75 Å². The van der Waals surface area contributed by atoms with Gasteiger partial charge in [-0.05, 0) is 28.7 Å². The number of phenolic OH excluding ortho intramolecular Hbond substituents is 1. The van der Waals surface area contributed by atoms with E-state index < -0.39 is 0 Å². The first kappa shape index (κ1) is 18.3. The van der Waals surface area contributed by atoms with Gasteiger partial charge in [-0.3, -0.25) is 0 Å². The van der Waals surface area contributed by atoms with E-state index >= 15 is 0 Å². The summed E-state index contributed by atoms with van der Waals surface area (Å²) >= 11 is 3.46. The number of benzene rings is 1. The molecule has 1 heterocycles. The lowest BCUT2D eigenvalue weighted by atomic mass is 9.78. The Kier molecular flexibility index (Phi) is 5.17. The van der Waals surface area contributed by atoms with Crippen LogP contribution < -0.4 is 0 Å². The van der Waals surface area contributed by atoms with Crippen LogP contribution in [0.2, 0.25) is 0 Å². The molecule has 4 heteroatoms. The molecule has 0 atom stereocenters. The second-order valence-electron chi connectivity index (χ2n) is 7.85. The van der Waals surface area contributed by atoms with Crippen molar-refractivity contribution in [2.45, 2.75) is 63.6 Å². The van der Waals surface area contributed by atoms with Crippen molar-refractivity contribution in [1.29, 1.82) is 0 Å². The number of nitrogens with zero attached hydrogens (tertiary/aromatic N) is 1. The largest absolute Gasteiger partial charge is 0.507 e. The maximum absolute atomic E-state index is 10.8. The molecule has 2 rings (SSSR count). The Bertz CT molecular complexity index is 655. The molecule has 0 radical (unpaired) electrons. The Labute approximate surface area is 148 Å². The third kappa shape index (κ3) is 4.10. The average Bonchev–Trinajstić information content (AvgIpc) is 2.85. The molecular weight excluding hydrogens is 322 g/mol. The number of thiazole rings is 1. The zero-order valence-electron chi connectivity index (χ0n) is 15.2. The first-order valence-corrected chi connectivity index (χ1v) is 9.87. The van der Waals surface area contributed by atoms with Crippen LogP contribution in [0.4, 0.5) is 0 Å². The van der Waals surface area contributed by atoms with Gasteiger partial charge in [0.15, 0.2) is 4.34 Å². The van der Waals surface area contributed by atoms with Gasteiger partial charge in [0, 0.05) is 22.1 Å². The van der Waals surface area contributed by atoms with Gasteiger partial charge < -0.3 is 5.11 Å². The van der Waals surface area contributed by atoms with Crippen molar-refractivity contribution in [3.05, 3.63) is 28.6 Å². The van der Waals surface area contributed by atoms with Gasteiger partial charge in [-0.1, -0.05) is 60.2 Å². The topological polar surface area (TPSA) is 33.1 Å². The summed E-state index contributed by atoms with van der Waals surface area (Å²) in [6.45, 7) is 15.0. The Hall–Kier alpha value is -1.00. The fourth-order valence-corrected chi connectivity index (χ4v) is 4.24. The number of thioether (sulfide) groups is 1. The summed E-state index contributed by atoms with van der Waals surface area (Å²) in [6.07, 6.45) is 0. The molecule has 0 saturated heterocycles. The molecule has 0 spiro atoms. The minimum absolute atomic E-state index is 0.114. The van der Waals surface area contributed by atoms with E-state index in [1.54, 1.807) is 23.1 Å². The van der Waals surface area contributed by atoms with Gasteiger partial charge in [-0.15, -0.1) is 11.3 Å². The van der Waals surface area contributed by atoms with E-state index in [2.05, 4.69) is 66.0 Å². The monoisotopic (exact) mass is 349 g/mol. The molecule has 0 unspecified atom stereocenters. The van der Waals surface area contributed by atoms with Crippen molar-refractivity contribution in [3.63, 3.8) is 0 Å². The van der Waals surface area contributed by atoms with Crippen molar-refractivity contribution in [2.24, 2.45) is 0 Å². The van der Waals surface area contributed by atoms with Crippen LogP contribution in [0.3, 0.4) is 0 Å². The van der Waals surface area contributed by atoms with Crippen LogP contribution in [-0.4, -0.2) is 15.8 Å². The SMILES string of the molecule is CCSc1nc(-c2cc(C(C)(C)C)c(O)c(C(C)(C)C)c2)cs1. The number of hydrogen-bond acceptors (Lipinski definition) is 4. The average molecular weight is 350 g/mol. The summed E-state index contributed by atoms with van der Waals surface area (Å²) in [5.74, 6) is 1.45. The minimum Gasteiger partial charge on any atom is -0.507 e. The van der Waals surface area contributed by atoms with Crippen LogP contribution >= 0.6 is 23.1 Å². The highest BCUT2D eigenvalue weighted by atomic mass is 32.2. The van der Waals surface area contributed by atoms with Gasteiger partial charge in [0.2, 0.25) is 0 Å². The first-order valence-electron chi connectivity index (χ1n) is 8.00. The predicted octanol–water partition coefficient (Wildman–Crippen LogP) is 6.22. The standard InChI is InChI=1S/C19H27NOS2/c1-8-22-17-20-15(11-23-17)12-9-13(18(2,3)4)16(21)14(10-12)19(5,6)7/h9-11,21H,8H2,1-7H3. The highest BCUT2D eigenvalue weighted by molar-refractivity contribution is 8.00. The zero-order valence-corrected chi connectivity index (χ0v) is 16.8. The fraction of sp³-hybridized carbons (Fsp3) is 0.526. The summed E-state index contributed by atoms with van der Waals surface area (Å²) in [7, 11) is 0. The number of hydrogen-bond donors (Lipinski definition) is 1. The van der Waals surface area contributed by atoms with Crippen molar-refractivity contribution in [2.75, 3.05) is 5.75 Å². The molecule has 0 bridgehead atoms. The molecule has 1 aromatic carbocycles. The van der Waals surface area contributed by atoms with E-state index in [-0.39, 0.29) is 10.8 Å². The van der Waals surface area contributed by atoms with E-state index in [0.717, 1.165) is 32.5 Å². The highest BCUT2D eigenvalue weighted by Crippen LogP contribution is 2.42. The highest BCUT2D eigenvalue weighted by Gasteiger charge is 2.27. The molecule has 0 fully saturated rings. The van der Waals surface area contributed by atoms with Gasteiger partial charge >= 0.3 is 0 Å². The Morgan fingerprint density at radius 3 is 2.00 bits per heavy atom.